The maximum absolute atomic E-state index is 9.39. The molecule has 0 unspecified atom stereocenters. The molecule has 1 aliphatic heterocycles. The highest BCUT2D eigenvalue weighted by atomic mass is 16.3. The SMILES string of the molecule is CCCN1CCC[C@@H]2Cc3nc(O)ncc3C[C@H]21. The molecule has 2 atom stereocenters. The van der Waals surface area contributed by atoms with Gasteiger partial charge >= 0.3 is 6.01 Å². The van der Waals surface area contributed by atoms with Crippen LogP contribution in [0.15, 0.2) is 6.20 Å². The largest absolute Gasteiger partial charge is 0.479 e. The predicted octanol–water partition coefficient (Wildman–Crippen LogP) is 1.77. The van der Waals surface area contributed by atoms with Crippen molar-refractivity contribution < 1.29 is 5.11 Å². The third-order valence-electron chi connectivity index (χ3n) is 4.37. The summed E-state index contributed by atoms with van der Waals surface area (Å²) >= 11 is 0. The van der Waals surface area contributed by atoms with Crippen molar-refractivity contribution >= 4 is 0 Å². The monoisotopic (exact) mass is 247 g/mol. The van der Waals surface area contributed by atoms with Gasteiger partial charge in [-0.1, -0.05) is 6.92 Å². The first kappa shape index (κ1) is 11.9. The average molecular weight is 247 g/mol. The number of hydrogen-bond donors (Lipinski definition) is 1. The zero-order valence-corrected chi connectivity index (χ0v) is 11.0. The van der Waals surface area contributed by atoms with Crippen molar-refractivity contribution in [3.8, 4) is 6.01 Å². The molecular formula is C14H21N3O. The van der Waals surface area contributed by atoms with E-state index in [0.29, 0.717) is 12.0 Å². The number of aromatic nitrogens is 2. The number of piperidine rings is 1. The Morgan fingerprint density at radius 1 is 1.44 bits per heavy atom. The van der Waals surface area contributed by atoms with Gasteiger partial charge in [-0.15, -0.1) is 0 Å². The molecule has 4 heteroatoms. The zero-order valence-electron chi connectivity index (χ0n) is 11.0. The van der Waals surface area contributed by atoms with E-state index in [1.807, 2.05) is 6.20 Å². The Bertz CT molecular complexity index is 433. The molecule has 2 aliphatic rings. The molecule has 3 rings (SSSR count). The zero-order chi connectivity index (χ0) is 12.5. The molecule has 1 saturated heterocycles. The maximum Gasteiger partial charge on any atom is 0.314 e. The molecule has 1 N–H and O–H groups in total. The Morgan fingerprint density at radius 3 is 3.17 bits per heavy atom. The third-order valence-corrected chi connectivity index (χ3v) is 4.37. The number of fused-ring (bicyclic) bond motifs is 2. The number of rotatable bonds is 2. The first-order valence-corrected chi connectivity index (χ1v) is 7.05. The van der Waals surface area contributed by atoms with Gasteiger partial charge in [0.2, 0.25) is 0 Å². The van der Waals surface area contributed by atoms with Gasteiger partial charge in [-0.05, 0) is 56.7 Å². The van der Waals surface area contributed by atoms with Crippen molar-refractivity contribution in [2.24, 2.45) is 5.92 Å². The number of hydrogen-bond acceptors (Lipinski definition) is 4. The molecule has 1 aromatic rings. The lowest BCUT2D eigenvalue weighted by Gasteiger charge is -2.44. The lowest BCUT2D eigenvalue weighted by atomic mass is 9.77. The van der Waals surface area contributed by atoms with E-state index in [0.717, 1.165) is 18.5 Å². The number of aromatic hydroxyl groups is 1. The smallest absolute Gasteiger partial charge is 0.314 e. The highest BCUT2D eigenvalue weighted by molar-refractivity contribution is 5.25. The molecule has 0 bridgehead atoms. The second-order valence-corrected chi connectivity index (χ2v) is 5.56. The van der Waals surface area contributed by atoms with Gasteiger partial charge in [0.1, 0.15) is 0 Å². The summed E-state index contributed by atoms with van der Waals surface area (Å²) in [6.07, 6.45) is 7.70. The molecule has 4 nitrogen and oxygen atoms in total. The fourth-order valence-corrected chi connectivity index (χ4v) is 3.56. The lowest BCUT2D eigenvalue weighted by molar-refractivity contribution is 0.0842. The van der Waals surface area contributed by atoms with Gasteiger partial charge in [0.05, 0.1) is 5.69 Å². The van der Waals surface area contributed by atoms with Crippen molar-refractivity contribution in [2.75, 3.05) is 13.1 Å². The molecule has 0 spiro atoms. The second-order valence-electron chi connectivity index (χ2n) is 5.56. The summed E-state index contributed by atoms with van der Waals surface area (Å²) in [4.78, 5) is 10.8. The first-order chi connectivity index (χ1) is 8.78. The van der Waals surface area contributed by atoms with Gasteiger partial charge in [-0.25, -0.2) is 9.97 Å². The van der Waals surface area contributed by atoms with Gasteiger partial charge in [0, 0.05) is 12.2 Å². The fraction of sp³-hybridized carbons (Fsp3) is 0.714. The predicted molar refractivity (Wildman–Crippen MR) is 69.5 cm³/mol. The van der Waals surface area contributed by atoms with Crippen LogP contribution in [0.3, 0.4) is 0 Å². The standard InChI is InChI=1S/C14H21N3O/c1-2-5-17-6-3-4-10-7-12-11(8-13(10)17)9-15-14(18)16-12/h9-10,13H,2-8H2,1H3,(H,15,16,18)/t10-,13-/m1/s1. The van der Waals surface area contributed by atoms with E-state index in [1.54, 1.807) is 0 Å². The summed E-state index contributed by atoms with van der Waals surface area (Å²) in [6.45, 7) is 4.69. The first-order valence-electron chi connectivity index (χ1n) is 7.05. The van der Waals surface area contributed by atoms with E-state index in [-0.39, 0.29) is 6.01 Å². The highest BCUT2D eigenvalue weighted by Crippen LogP contribution is 2.34. The Labute approximate surface area is 108 Å². The van der Waals surface area contributed by atoms with Crippen LogP contribution in [0.1, 0.15) is 37.4 Å². The quantitative estimate of drug-likeness (QED) is 0.865. The molecule has 1 fully saturated rings. The van der Waals surface area contributed by atoms with Crippen LogP contribution in [0.2, 0.25) is 0 Å². The Balaban J connectivity index is 1.85. The summed E-state index contributed by atoms with van der Waals surface area (Å²) in [5.41, 5.74) is 2.30. The lowest BCUT2D eigenvalue weighted by Crippen LogP contribution is -2.49. The van der Waals surface area contributed by atoms with E-state index >= 15 is 0 Å². The van der Waals surface area contributed by atoms with Crippen LogP contribution in [0.5, 0.6) is 6.01 Å². The van der Waals surface area contributed by atoms with Crippen molar-refractivity contribution in [1.29, 1.82) is 0 Å². The van der Waals surface area contributed by atoms with Crippen molar-refractivity contribution in [2.45, 2.75) is 45.1 Å². The minimum Gasteiger partial charge on any atom is -0.479 e. The molecule has 0 aromatic carbocycles. The van der Waals surface area contributed by atoms with Crippen molar-refractivity contribution in [1.82, 2.24) is 14.9 Å². The van der Waals surface area contributed by atoms with Crippen LogP contribution < -0.4 is 0 Å². The van der Waals surface area contributed by atoms with E-state index in [2.05, 4.69) is 21.8 Å². The Morgan fingerprint density at radius 2 is 2.33 bits per heavy atom. The van der Waals surface area contributed by atoms with E-state index in [1.165, 1.54) is 37.9 Å². The third kappa shape index (κ3) is 2.09. The molecule has 0 radical (unpaired) electrons. The molecule has 2 heterocycles. The van der Waals surface area contributed by atoms with Crippen molar-refractivity contribution in [3.63, 3.8) is 0 Å². The van der Waals surface area contributed by atoms with Gasteiger partial charge in [-0.2, -0.15) is 0 Å². The van der Waals surface area contributed by atoms with Crippen LogP contribution >= 0.6 is 0 Å². The summed E-state index contributed by atoms with van der Waals surface area (Å²) in [5.74, 6) is 0.715. The van der Waals surface area contributed by atoms with Crippen LogP contribution in [0.25, 0.3) is 0 Å². The van der Waals surface area contributed by atoms with Gasteiger partial charge < -0.3 is 5.11 Å². The Hall–Kier alpha value is -1.16. The minimum absolute atomic E-state index is 0.0755. The van der Waals surface area contributed by atoms with Gasteiger partial charge in [0.25, 0.3) is 0 Å². The number of nitrogens with zero attached hydrogens (tertiary/aromatic N) is 3. The summed E-state index contributed by atoms with van der Waals surface area (Å²) in [6, 6.07) is 0.591. The van der Waals surface area contributed by atoms with E-state index in [4.69, 9.17) is 0 Å². The van der Waals surface area contributed by atoms with E-state index < -0.39 is 0 Å². The van der Waals surface area contributed by atoms with Gasteiger partial charge in [0.15, 0.2) is 0 Å². The molecule has 18 heavy (non-hydrogen) atoms. The Kier molecular flexibility index (Phi) is 3.20. The molecular weight excluding hydrogens is 226 g/mol. The van der Waals surface area contributed by atoms with Crippen LogP contribution in [0, 0.1) is 5.92 Å². The normalized spacial score (nSPS) is 27.6. The summed E-state index contributed by atoms with van der Waals surface area (Å²) in [5, 5.41) is 9.39. The van der Waals surface area contributed by atoms with Gasteiger partial charge in [-0.3, -0.25) is 4.90 Å². The summed E-state index contributed by atoms with van der Waals surface area (Å²) < 4.78 is 0. The molecule has 98 valence electrons. The molecule has 0 amide bonds. The highest BCUT2D eigenvalue weighted by Gasteiger charge is 2.35. The van der Waals surface area contributed by atoms with Crippen LogP contribution in [-0.2, 0) is 12.8 Å². The van der Waals surface area contributed by atoms with Crippen LogP contribution in [0.4, 0.5) is 0 Å². The number of likely N-dealkylation sites (tertiary alicyclic amines) is 1. The molecule has 1 aliphatic carbocycles. The topological polar surface area (TPSA) is 49.2 Å². The van der Waals surface area contributed by atoms with E-state index in [9.17, 15) is 5.11 Å². The minimum atomic E-state index is -0.0755. The molecule has 0 saturated carbocycles. The van der Waals surface area contributed by atoms with Crippen LogP contribution in [-0.4, -0.2) is 39.1 Å². The summed E-state index contributed by atoms with van der Waals surface area (Å²) in [7, 11) is 0. The molecule has 1 aromatic heterocycles. The maximum atomic E-state index is 9.39. The second kappa shape index (κ2) is 4.84. The average Bonchev–Trinajstić information content (AvgIpc) is 2.37. The fourth-order valence-electron chi connectivity index (χ4n) is 3.56. The van der Waals surface area contributed by atoms with Crippen molar-refractivity contribution in [3.05, 3.63) is 17.5 Å².